The molecular formula is C32H46N4. The van der Waals surface area contributed by atoms with Crippen LogP contribution >= 0.6 is 0 Å². The highest BCUT2D eigenvalue weighted by Gasteiger charge is 2.38. The Morgan fingerprint density at radius 1 is 0.583 bits per heavy atom. The molecule has 0 aliphatic carbocycles. The van der Waals surface area contributed by atoms with E-state index in [1.807, 2.05) is 0 Å². The van der Waals surface area contributed by atoms with Gasteiger partial charge < -0.3 is 9.80 Å². The highest BCUT2D eigenvalue weighted by atomic mass is 15.4. The Morgan fingerprint density at radius 3 is 1.14 bits per heavy atom. The first kappa shape index (κ1) is 26.4. The van der Waals surface area contributed by atoms with Gasteiger partial charge in [-0.15, -0.1) is 0 Å². The molecule has 2 aromatic rings. The van der Waals surface area contributed by atoms with E-state index in [9.17, 15) is 0 Å². The minimum atomic E-state index is 0.136. The second-order valence-electron chi connectivity index (χ2n) is 13.3. The maximum Gasteiger partial charge on any atom is 0.172 e. The molecule has 4 nitrogen and oxygen atoms in total. The van der Waals surface area contributed by atoms with Crippen LogP contribution in [0.2, 0.25) is 0 Å². The lowest BCUT2D eigenvalue weighted by atomic mass is 9.87. The van der Waals surface area contributed by atoms with Crippen molar-refractivity contribution in [3.8, 4) is 0 Å². The molecule has 2 aromatic carbocycles. The standard InChI is InChI=1S/C32H46N4/c1-21(2)27-19-35(25-15-11-23(12-16-25)31(5,6)7)29(33-27)30-34-28(22(3)4)20-36(30)26-17-13-24(14-18-26)32(8,9)10/h11-18,21-22,27-28H,19-20H2,1-10H3/t27-,28-/m1/s1. The summed E-state index contributed by atoms with van der Waals surface area (Å²) in [4.78, 5) is 15.4. The molecule has 0 saturated carbocycles. The molecule has 194 valence electrons. The van der Waals surface area contributed by atoms with Gasteiger partial charge in [-0.1, -0.05) is 93.5 Å². The lowest BCUT2D eigenvalue weighted by Crippen LogP contribution is -2.42. The van der Waals surface area contributed by atoms with Crippen molar-refractivity contribution in [1.82, 2.24) is 0 Å². The molecule has 0 radical (unpaired) electrons. The molecule has 0 fully saturated rings. The summed E-state index contributed by atoms with van der Waals surface area (Å²) in [5.74, 6) is 2.98. The first-order valence-electron chi connectivity index (χ1n) is 13.7. The van der Waals surface area contributed by atoms with Gasteiger partial charge in [-0.2, -0.15) is 0 Å². The van der Waals surface area contributed by atoms with Gasteiger partial charge in [-0.05, 0) is 58.1 Å². The van der Waals surface area contributed by atoms with Crippen LogP contribution in [0.25, 0.3) is 0 Å². The third-order valence-corrected chi connectivity index (χ3v) is 7.66. The fourth-order valence-corrected chi connectivity index (χ4v) is 4.90. The number of benzene rings is 2. The van der Waals surface area contributed by atoms with E-state index in [0.29, 0.717) is 11.8 Å². The Bertz CT molecular complexity index is 1020. The van der Waals surface area contributed by atoms with Gasteiger partial charge in [0.25, 0.3) is 0 Å². The van der Waals surface area contributed by atoms with E-state index in [1.165, 1.54) is 22.5 Å². The van der Waals surface area contributed by atoms with E-state index in [-0.39, 0.29) is 22.9 Å². The number of nitrogens with zero attached hydrogens (tertiary/aromatic N) is 4. The van der Waals surface area contributed by atoms with Crippen LogP contribution in [0.1, 0.15) is 80.4 Å². The molecule has 4 rings (SSSR count). The number of hydrogen-bond acceptors (Lipinski definition) is 4. The molecule has 0 N–H and O–H groups in total. The third kappa shape index (κ3) is 5.38. The van der Waals surface area contributed by atoms with Crippen molar-refractivity contribution in [3.63, 3.8) is 0 Å². The Balaban J connectivity index is 1.74. The molecule has 4 heteroatoms. The van der Waals surface area contributed by atoms with Crippen LogP contribution < -0.4 is 9.80 Å². The van der Waals surface area contributed by atoms with Crippen molar-refractivity contribution < 1.29 is 0 Å². The van der Waals surface area contributed by atoms with Gasteiger partial charge in [0.05, 0.1) is 12.1 Å². The number of anilines is 2. The summed E-state index contributed by atoms with van der Waals surface area (Å²) in [6, 6.07) is 18.6. The second-order valence-corrected chi connectivity index (χ2v) is 13.3. The van der Waals surface area contributed by atoms with Crippen molar-refractivity contribution in [2.75, 3.05) is 22.9 Å². The number of hydrogen-bond donors (Lipinski definition) is 0. The summed E-state index contributed by atoms with van der Waals surface area (Å²) < 4.78 is 0. The molecule has 36 heavy (non-hydrogen) atoms. The van der Waals surface area contributed by atoms with Gasteiger partial charge >= 0.3 is 0 Å². The molecule has 0 amide bonds. The minimum absolute atomic E-state index is 0.136. The predicted molar refractivity (Wildman–Crippen MR) is 157 cm³/mol. The van der Waals surface area contributed by atoms with Crippen LogP contribution in [0.4, 0.5) is 11.4 Å². The molecule has 0 bridgehead atoms. The van der Waals surface area contributed by atoms with E-state index in [0.717, 1.165) is 24.8 Å². The topological polar surface area (TPSA) is 31.2 Å². The zero-order chi connectivity index (χ0) is 26.4. The maximum absolute atomic E-state index is 5.30. The van der Waals surface area contributed by atoms with Crippen molar-refractivity contribution in [2.45, 2.75) is 92.2 Å². The lowest BCUT2D eigenvalue weighted by molar-refractivity contribution is 0.521. The Kier molecular flexibility index (Phi) is 7.11. The summed E-state index contributed by atoms with van der Waals surface area (Å²) in [5, 5.41) is 0. The van der Waals surface area contributed by atoms with Gasteiger partial charge in [0.1, 0.15) is 0 Å². The second kappa shape index (κ2) is 9.68. The smallest absolute Gasteiger partial charge is 0.172 e. The SMILES string of the molecule is CC(C)[C@H]1CN(c2ccc(C(C)(C)C)cc2)C(C2=N[C@@H](C(C)C)CN2c2ccc(C(C)(C)C)cc2)=N1. The molecule has 2 heterocycles. The number of rotatable bonds is 5. The van der Waals surface area contributed by atoms with Crippen LogP contribution in [-0.4, -0.2) is 36.8 Å². The third-order valence-electron chi connectivity index (χ3n) is 7.66. The van der Waals surface area contributed by atoms with Crippen LogP contribution in [0.15, 0.2) is 58.5 Å². The van der Waals surface area contributed by atoms with Crippen molar-refractivity contribution in [1.29, 1.82) is 0 Å². The zero-order valence-electron chi connectivity index (χ0n) is 24.1. The van der Waals surface area contributed by atoms with Crippen LogP contribution in [-0.2, 0) is 10.8 Å². The van der Waals surface area contributed by atoms with E-state index in [1.54, 1.807) is 0 Å². The fourth-order valence-electron chi connectivity index (χ4n) is 4.90. The largest absolute Gasteiger partial charge is 0.321 e. The summed E-state index contributed by atoms with van der Waals surface area (Å²) in [7, 11) is 0. The van der Waals surface area contributed by atoms with Gasteiger partial charge in [0.15, 0.2) is 11.7 Å². The normalized spacial score (nSPS) is 21.0. The van der Waals surface area contributed by atoms with Gasteiger partial charge in [0, 0.05) is 24.5 Å². The van der Waals surface area contributed by atoms with Gasteiger partial charge in [-0.25, -0.2) is 0 Å². The van der Waals surface area contributed by atoms with E-state index in [4.69, 9.17) is 9.98 Å². The monoisotopic (exact) mass is 486 g/mol. The van der Waals surface area contributed by atoms with Crippen molar-refractivity contribution in [2.24, 2.45) is 21.8 Å². The van der Waals surface area contributed by atoms with Crippen LogP contribution in [0.3, 0.4) is 0 Å². The molecule has 0 saturated heterocycles. The average molecular weight is 487 g/mol. The lowest BCUT2D eigenvalue weighted by Gasteiger charge is -2.28. The molecule has 0 spiro atoms. The Morgan fingerprint density at radius 2 is 0.889 bits per heavy atom. The quantitative estimate of drug-likeness (QED) is 0.439. The van der Waals surface area contributed by atoms with Crippen LogP contribution in [0, 0.1) is 11.8 Å². The number of aliphatic imine (C=N–C) groups is 2. The Labute approximate surface area is 219 Å². The average Bonchev–Trinajstić information content (AvgIpc) is 3.43. The highest BCUT2D eigenvalue weighted by molar-refractivity contribution is 6.50. The maximum atomic E-state index is 5.30. The predicted octanol–water partition coefficient (Wildman–Crippen LogP) is 7.47. The van der Waals surface area contributed by atoms with Crippen LogP contribution in [0.5, 0.6) is 0 Å². The van der Waals surface area contributed by atoms with Crippen molar-refractivity contribution >= 4 is 23.0 Å². The first-order valence-corrected chi connectivity index (χ1v) is 13.7. The molecule has 2 atom stereocenters. The fraction of sp³-hybridized carbons (Fsp3) is 0.562. The molecular weight excluding hydrogens is 440 g/mol. The van der Waals surface area contributed by atoms with E-state index >= 15 is 0 Å². The molecule has 0 unspecified atom stereocenters. The summed E-state index contributed by atoms with van der Waals surface area (Å²) in [6.45, 7) is 24.5. The van der Waals surface area contributed by atoms with Crippen molar-refractivity contribution in [3.05, 3.63) is 59.7 Å². The van der Waals surface area contributed by atoms with E-state index < -0.39 is 0 Å². The zero-order valence-corrected chi connectivity index (χ0v) is 24.1. The summed E-state index contributed by atoms with van der Waals surface area (Å²) in [5.41, 5.74) is 5.37. The molecule has 2 aliphatic heterocycles. The van der Waals surface area contributed by atoms with Gasteiger partial charge in [0.2, 0.25) is 0 Å². The highest BCUT2D eigenvalue weighted by Crippen LogP contribution is 2.33. The summed E-state index contributed by atoms with van der Waals surface area (Å²) >= 11 is 0. The van der Waals surface area contributed by atoms with Gasteiger partial charge in [-0.3, -0.25) is 9.98 Å². The van der Waals surface area contributed by atoms with E-state index in [2.05, 4.69) is 128 Å². The molecule has 0 aromatic heterocycles. The minimum Gasteiger partial charge on any atom is -0.321 e. The summed E-state index contributed by atoms with van der Waals surface area (Å²) in [6.07, 6.45) is 0. The first-order chi connectivity index (χ1) is 16.8. The molecule has 2 aliphatic rings. The Hall–Kier alpha value is -2.62. The number of amidine groups is 2.